The number of benzene rings is 1. The van der Waals surface area contributed by atoms with Gasteiger partial charge in [0.15, 0.2) is 11.5 Å². The molecule has 1 aromatic carbocycles. The van der Waals surface area contributed by atoms with Crippen molar-refractivity contribution in [2.24, 2.45) is 5.92 Å². The number of H-pyrrole nitrogens is 1. The number of ether oxygens (including phenoxy) is 2. The van der Waals surface area contributed by atoms with Gasteiger partial charge in [-0.1, -0.05) is 0 Å². The fourth-order valence-electron chi connectivity index (χ4n) is 2.03. The van der Waals surface area contributed by atoms with E-state index >= 15 is 0 Å². The van der Waals surface area contributed by atoms with Gasteiger partial charge in [-0.3, -0.25) is 5.10 Å². The van der Waals surface area contributed by atoms with E-state index in [1.54, 1.807) is 13.3 Å². The molecule has 5 nitrogen and oxygen atoms in total. The normalized spacial score (nSPS) is 14.3. The molecule has 6 heteroatoms. The maximum absolute atomic E-state index is 5.86. The average Bonchev–Trinajstić information content (AvgIpc) is 3.17. The summed E-state index contributed by atoms with van der Waals surface area (Å²) in [5.74, 6) is 2.65. The van der Waals surface area contributed by atoms with Crippen molar-refractivity contribution in [2.45, 2.75) is 12.8 Å². The summed E-state index contributed by atoms with van der Waals surface area (Å²) in [6.45, 7) is 0.738. The zero-order valence-electron chi connectivity index (χ0n) is 11.1. The highest BCUT2D eigenvalue weighted by atomic mass is 79.9. The van der Waals surface area contributed by atoms with Crippen LogP contribution in [-0.4, -0.2) is 23.9 Å². The second-order valence-electron chi connectivity index (χ2n) is 4.94. The van der Waals surface area contributed by atoms with Crippen molar-refractivity contribution in [3.05, 3.63) is 22.8 Å². The minimum Gasteiger partial charge on any atom is -0.493 e. The van der Waals surface area contributed by atoms with Crippen LogP contribution in [0.25, 0.3) is 11.1 Å². The van der Waals surface area contributed by atoms with E-state index in [4.69, 9.17) is 15.2 Å². The summed E-state index contributed by atoms with van der Waals surface area (Å²) in [6.07, 6.45) is 4.20. The quantitative estimate of drug-likeness (QED) is 0.878. The van der Waals surface area contributed by atoms with Gasteiger partial charge < -0.3 is 15.2 Å². The molecule has 1 saturated carbocycles. The van der Waals surface area contributed by atoms with Crippen LogP contribution in [0.5, 0.6) is 11.5 Å². The van der Waals surface area contributed by atoms with Gasteiger partial charge in [-0.15, -0.1) is 0 Å². The molecule has 3 rings (SSSR count). The summed E-state index contributed by atoms with van der Waals surface area (Å²) in [7, 11) is 1.63. The molecule has 3 N–H and O–H groups in total. The second kappa shape index (κ2) is 5.36. The van der Waals surface area contributed by atoms with Crippen LogP contribution in [0.1, 0.15) is 12.8 Å². The van der Waals surface area contributed by atoms with E-state index in [9.17, 15) is 0 Å². The summed E-state index contributed by atoms with van der Waals surface area (Å²) in [5.41, 5.74) is 7.63. The molecule has 1 aliphatic rings. The van der Waals surface area contributed by atoms with Gasteiger partial charge in [-0.25, -0.2) is 0 Å². The number of aromatic nitrogens is 2. The van der Waals surface area contributed by atoms with Crippen LogP contribution in [0.2, 0.25) is 0 Å². The first kappa shape index (κ1) is 13.3. The molecule has 0 atom stereocenters. The largest absolute Gasteiger partial charge is 0.493 e. The van der Waals surface area contributed by atoms with Gasteiger partial charge in [0.2, 0.25) is 0 Å². The third-order valence-corrected chi connectivity index (χ3v) is 3.96. The highest BCUT2D eigenvalue weighted by molar-refractivity contribution is 9.10. The van der Waals surface area contributed by atoms with Crippen LogP contribution in [0, 0.1) is 5.92 Å². The molecule has 0 bridgehead atoms. The zero-order valence-corrected chi connectivity index (χ0v) is 12.7. The van der Waals surface area contributed by atoms with E-state index in [-0.39, 0.29) is 0 Å². The van der Waals surface area contributed by atoms with E-state index in [2.05, 4.69) is 26.1 Å². The molecule has 20 heavy (non-hydrogen) atoms. The van der Waals surface area contributed by atoms with Crippen LogP contribution < -0.4 is 15.2 Å². The summed E-state index contributed by atoms with van der Waals surface area (Å²) < 4.78 is 12.1. The number of hydrogen-bond acceptors (Lipinski definition) is 4. The van der Waals surface area contributed by atoms with Crippen molar-refractivity contribution in [3.63, 3.8) is 0 Å². The van der Waals surface area contributed by atoms with Crippen LogP contribution in [-0.2, 0) is 0 Å². The Morgan fingerprint density at radius 1 is 1.45 bits per heavy atom. The van der Waals surface area contributed by atoms with E-state index < -0.39 is 0 Å². The third kappa shape index (κ3) is 2.60. The van der Waals surface area contributed by atoms with Crippen LogP contribution in [0.15, 0.2) is 22.8 Å². The van der Waals surface area contributed by atoms with Crippen molar-refractivity contribution >= 4 is 21.7 Å². The van der Waals surface area contributed by atoms with Crippen molar-refractivity contribution in [1.29, 1.82) is 0 Å². The molecular weight excluding hydrogens is 322 g/mol. The number of hydrogen-bond donors (Lipinski definition) is 2. The molecule has 0 aliphatic heterocycles. The van der Waals surface area contributed by atoms with Crippen molar-refractivity contribution in [3.8, 4) is 22.6 Å². The topological polar surface area (TPSA) is 73.2 Å². The van der Waals surface area contributed by atoms with Gasteiger partial charge in [-0.2, -0.15) is 5.10 Å². The Morgan fingerprint density at radius 2 is 2.25 bits per heavy atom. The lowest BCUT2D eigenvalue weighted by Gasteiger charge is -2.14. The van der Waals surface area contributed by atoms with Gasteiger partial charge in [0.1, 0.15) is 5.82 Å². The van der Waals surface area contributed by atoms with E-state index in [1.165, 1.54) is 12.8 Å². The Kier molecular flexibility index (Phi) is 3.56. The van der Waals surface area contributed by atoms with Crippen molar-refractivity contribution in [1.82, 2.24) is 10.2 Å². The number of halogens is 1. The molecule has 0 radical (unpaired) electrons. The Morgan fingerprint density at radius 3 is 2.85 bits per heavy atom. The molecule has 106 valence electrons. The van der Waals surface area contributed by atoms with E-state index in [0.29, 0.717) is 17.5 Å². The van der Waals surface area contributed by atoms with Crippen molar-refractivity contribution in [2.75, 3.05) is 19.5 Å². The van der Waals surface area contributed by atoms with E-state index in [1.807, 2.05) is 12.1 Å². The number of anilines is 1. The van der Waals surface area contributed by atoms with Gasteiger partial charge in [0, 0.05) is 5.56 Å². The van der Waals surface area contributed by atoms with Gasteiger partial charge in [-0.05, 0) is 52.4 Å². The number of nitrogens with zero attached hydrogens (tertiary/aromatic N) is 1. The smallest absolute Gasteiger partial charge is 0.175 e. The SMILES string of the molecule is COc1cc(-c2cn[nH]c2N)cc(Br)c1OCC1CC1. The first-order valence-electron chi connectivity index (χ1n) is 6.48. The fraction of sp³-hybridized carbons (Fsp3) is 0.357. The van der Waals surface area contributed by atoms with Gasteiger partial charge >= 0.3 is 0 Å². The molecule has 1 aliphatic carbocycles. The Labute approximate surface area is 125 Å². The Bertz CT molecular complexity index is 623. The lowest BCUT2D eigenvalue weighted by molar-refractivity contribution is 0.278. The standard InChI is InChI=1S/C14H16BrN3O2/c1-19-12-5-9(10-6-17-18-14(10)16)4-11(15)13(12)20-7-8-2-3-8/h4-6,8H,2-3,7H2,1H3,(H3,16,17,18). The average molecular weight is 338 g/mol. The molecule has 0 saturated heterocycles. The predicted molar refractivity (Wildman–Crippen MR) is 80.9 cm³/mol. The lowest BCUT2D eigenvalue weighted by Crippen LogP contribution is -2.02. The Hall–Kier alpha value is -1.69. The first-order valence-corrected chi connectivity index (χ1v) is 7.28. The molecule has 2 aromatic rings. The maximum atomic E-state index is 5.86. The van der Waals surface area contributed by atoms with E-state index in [0.717, 1.165) is 28.0 Å². The van der Waals surface area contributed by atoms with Crippen molar-refractivity contribution < 1.29 is 9.47 Å². The van der Waals surface area contributed by atoms with Crippen LogP contribution in [0.3, 0.4) is 0 Å². The highest BCUT2D eigenvalue weighted by Crippen LogP contribution is 2.41. The van der Waals surface area contributed by atoms with Crippen LogP contribution >= 0.6 is 15.9 Å². The number of methoxy groups -OCH3 is 1. The lowest BCUT2D eigenvalue weighted by atomic mass is 10.1. The molecule has 1 fully saturated rings. The third-order valence-electron chi connectivity index (χ3n) is 3.37. The molecular formula is C14H16BrN3O2. The summed E-state index contributed by atoms with van der Waals surface area (Å²) in [4.78, 5) is 0. The molecule has 0 unspecified atom stereocenters. The Balaban J connectivity index is 1.94. The number of aromatic amines is 1. The molecule has 1 aromatic heterocycles. The number of rotatable bonds is 5. The van der Waals surface area contributed by atoms with Gasteiger partial charge in [0.05, 0.1) is 24.4 Å². The first-order chi connectivity index (χ1) is 9.69. The fourth-order valence-corrected chi connectivity index (χ4v) is 2.58. The molecule has 0 amide bonds. The maximum Gasteiger partial charge on any atom is 0.175 e. The summed E-state index contributed by atoms with van der Waals surface area (Å²) in [6, 6.07) is 3.88. The number of nitrogen functional groups attached to an aromatic ring is 1. The minimum absolute atomic E-state index is 0.533. The molecule has 1 heterocycles. The molecule has 0 spiro atoms. The second-order valence-corrected chi connectivity index (χ2v) is 5.80. The predicted octanol–water partition coefficient (Wildman–Crippen LogP) is 3.22. The minimum atomic E-state index is 0.533. The summed E-state index contributed by atoms with van der Waals surface area (Å²) >= 11 is 3.54. The summed E-state index contributed by atoms with van der Waals surface area (Å²) in [5, 5.41) is 6.66. The van der Waals surface area contributed by atoms with Gasteiger partial charge in [0.25, 0.3) is 0 Å². The van der Waals surface area contributed by atoms with Crippen LogP contribution in [0.4, 0.5) is 5.82 Å². The number of nitrogens with two attached hydrogens (primary N) is 1. The monoisotopic (exact) mass is 337 g/mol. The zero-order chi connectivity index (χ0) is 14.1. The number of nitrogens with one attached hydrogen (secondary N) is 1. The highest BCUT2D eigenvalue weighted by Gasteiger charge is 2.23.